The monoisotopic (exact) mass is 309 g/mol. The van der Waals surface area contributed by atoms with Crippen molar-refractivity contribution in [3.63, 3.8) is 0 Å². The summed E-state index contributed by atoms with van der Waals surface area (Å²) in [7, 11) is 0. The molecule has 0 aliphatic rings. The Hall–Kier alpha value is -1.95. The number of carbonyl (C=O) groups is 1. The first-order chi connectivity index (χ1) is 8.56. The maximum absolute atomic E-state index is 13.0. The van der Waals surface area contributed by atoms with Gasteiger partial charge in [-0.05, 0) is 40.2 Å². The number of nitrogens with one attached hydrogen (secondary N) is 1. The molecule has 92 valence electrons. The molecule has 4 nitrogen and oxygen atoms in total. The molecule has 18 heavy (non-hydrogen) atoms. The number of nitrogen functional groups attached to an aromatic ring is 1. The number of rotatable bonds is 2. The lowest BCUT2D eigenvalue weighted by molar-refractivity contribution is 0.102. The number of halogens is 2. The van der Waals surface area contributed by atoms with Crippen LogP contribution in [0.4, 0.5) is 15.8 Å². The Morgan fingerprint density at radius 1 is 1.33 bits per heavy atom. The van der Waals surface area contributed by atoms with E-state index in [0.717, 1.165) is 0 Å². The second-order valence-electron chi connectivity index (χ2n) is 3.58. The van der Waals surface area contributed by atoms with Gasteiger partial charge in [-0.15, -0.1) is 0 Å². The van der Waals surface area contributed by atoms with E-state index in [1.807, 2.05) is 0 Å². The molecule has 0 radical (unpaired) electrons. The van der Waals surface area contributed by atoms with Crippen LogP contribution in [-0.2, 0) is 0 Å². The van der Waals surface area contributed by atoms with E-state index in [9.17, 15) is 9.18 Å². The number of hydrogen-bond donors (Lipinski definition) is 2. The molecule has 0 unspecified atom stereocenters. The molecule has 0 atom stereocenters. The van der Waals surface area contributed by atoms with Crippen LogP contribution in [0.25, 0.3) is 0 Å². The number of carbonyl (C=O) groups excluding carboxylic acids is 1. The Labute approximate surface area is 111 Å². The summed E-state index contributed by atoms with van der Waals surface area (Å²) < 4.78 is 13.7. The van der Waals surface area contributed by atoms with Gasteiger partial charge in [-0.3, -0.25) is 9.78 Å². The fourth-order valence-corrected chi connectivity index (χ4v) is 1.73. The highest BCUT2D eigenvalue weighted by Gasteiger charge is 2.08. The van der Waals surface area contributed by atoms with Gasteiger partial charge in [0.2, 0.25) is 0 Å². The number of anilines is 2. The zero-order valence-electron chi connectivity index (χ0n) is 9.15. The number of benzene rings is 1. The van der Waals surface area contributed by atoms with Crippen molar-refractivity contribution in [2.45, 2.75) is 0 Å². The highest BCUT2D eigenvalue weighted by atomic mass is 79.9. The molecule has 0 fully saturated rings. The third-order valence-corrected chi connectivity index (χ3v) is 2.65. The number of pyridine rings is 1. The zero-order valence-corrected chi connectivity index (χ0v) is 10.7. The van der Waals surface area contributed by atoms with Gasteiger partial charge < -0.3 is 11.1 Å². The molecule has 0 aliphatic carbocycles. The predicted octanol–water partition coefficient (Wildman–Crippen LogP) is 2.82. The predicted molar refractivity (Wildman–Crippen MR) is 70.7 cm³/mol. The maximum Gasteiger partial charge on any atom is 0.257 e. The summed E-state index contributed by atoms with van der Waals surface area (Å²) in [6.07, 6.45) is 3.01. The van der Waals surface area contributed by atoms with Crippen molar-refractivity contribution in [2.75, 3.05) is 11.1 Å². The van der Waals surface area contributed by atoms with Crippen LogP contribution in [0.5, 0.6) is 0 Å². The van der Waals surface area contributed by atoms with E-state index in [4.69, 9.17) is 5.73 Å². The summed E-state index contributed by atoms with van der Waals surface area (Å²) in [5.41, 5.74) is 6.22. The first-order valence-corrected chi connectivity index (χ1v) is 5.82. The van der Waals surface area contributed by atoms with Crippen LogP contribution >= 0.6 is 15.9 Å². The molecule has 2 rings (SSSR count). The lowest BCUT2D eigenvalue weighted by atomic mass is 10.2. The van der Waals surface area contributed by atoms with E-state index in [-0.39, 0.29) is 11.6 Å². The second-order valence-corrected chi connectivity index (χ2v) is 4.50. The molecule has 1 amide bonds. The number of amides is 1. The number of hydrogen-bond acceptors (Lipinski definition) is 3. The average Bonchev–Trinajstić information content (AvgIpc) is 2.34. The van der Waals surface area contributed by atoms with Gasteiger partial charge in [0, 0.05) is 22.6 Å². The fourth-order valence-electron chi connectivity index (χ4n) is 1.36. The van der Waals surface area contributed by atoms with Gasteiger partial charge in [0.25, 0.3) is 5.91 Å². The molecular formula is C12H9BrFN3O. The van der Waals surface area contributed by atoms with Crippen molar-refractivity contribution in [1.29, 1.82) is 0 Å². The minimum absolute atomic E-state index is 0.0137. The Bertz CT molecular complexity index is 604. The van der Waals surface area contributed by atoms with Crippen LogP contribution < -0.4 is 11.1 Å². The lowest BCUT2D eigenvalue weighted by Gasteiger charge is -2.06. The Balaban J connectivity index is 2.18. The Morgan fingerprint density at radius 3 is 2.78 bits per heavy atom. The summed E-state index contributed by atoms with van der Waals surface area (Å²) in [6.45, 7) is 0. The van der Waals surface area contributed by atoms with E-state index in [2.05, 4.69) is 26.2 Å². The summed E-state index contributed by atoms with van der Waals surface area (Å²) in [5, 5.41) is 2.61. The summed E-state index contributed by atoms with van der Waals surface area (Å²) in [4.78, 5) is 15.7. The first kappa shape index (κ1) is 12.5. The zero-order chi connectivity index (χ0) is 13.1. The molecule has 6 heteroatoms. The van der Waals surface area contributed by atoms with E-state index in [0.29, 0.717) is 15.7 Å². The normalized spacial score (nSPS) is 10.1. The molecule has 0 spiro atoms. The van der Waals surface area contributed by atoms with Crippen molar-refractivity contribution >= 4 is 33.2 Å². The van der Waals surface area contributed by atoms with Crippen molar-refractivity contribution in [1.82, 2.24) is 4.98 Å². The molecule has 1 aromatic heterocycles. The molecule has 1 heterocycles. The SMILES string of the molecule is Nc1cc(NC(=O)c2cncc(Br)c2)ccc1F. The first-order valence-electron chi connectivity index (χ1n) is 5.03. The summed E-state index contributed by atoms with van der Waals surface area (Å²) in [6, 6.07) is 5.63. The molecular weight excluding hydrogens is 301 g/mol. The van der Waals surface area contributed by atoms with Gasteiger partial charge >= 0.3 is 0 Å². The minimum atomic E-state index is -0.517. The second kappa shape index (κ2) is 5.14. The van der Waals surface area contributed by atoms with Crippen LogP contribution in [-0.4, -0.2) is 10.9 Å². The van der Waals surface area contributed by atoms with Gasteiger partial charge in [0.1, 0.15) is 5.82 Å². The van der Waals surface area contributed by atoms with Gasteiger partial charge in [-0.25, -0.2) is 4.39 Å². The molecule has 1 aromatic carbocycles. The standard InChI is InChI=1S/C12H9BrFN3O/c13-8-3-7(5-16-6-8)12(18)17-9-1-2-10(14)11(15)4-9/h1-6H,15H2,(H,17,18). The fraction of sp³-hybridized carbons (Fsp3) is 0. The third-order valence-electron chi connectivity index (χ3n) is 2.22. The van der Waals surface area contributed by atoms with Gasteiger partial charge in [-0.2, -0.15) is 0 Å². The molecule has 0 bridgehead atoms. The molecule has 3 N–H and O–H groups in total. The van der Waals surface area contributed by atoms with E-state index in [1.165, 1.54) is 24.4 Å². The number of nitrogens with zero attached hydrogens (tertiary/aromatic N) is 1. The highest BCUT2D eigenvalue weighted by Crippen LogP contribution is 2.17. The van der Waals surface area contributed by atoms with Gasteiger partial charge in [-0.1, -0.05) is 0 Å². The minimum Gasteiger partial charge on any atom is -0.396 e. The van der Waals surface area contributed by atoms with Gasteiger partial charge in [0.05, 0.1) is 11.3 Å². The molecule has 0 saturated heterocycles. The molecule has 0 saturated carbocycles. The number of aromatic nitrogens is 1. The topological polar surface area (TPSA) is 68.0 Å². The third kappa shape index (κ3) is 2.84. The van der Waals surface area contributed by atoms with Crippen LogP contribution in [0.15, 0.2) is 41.1 Å². The maximum atomic E-state index is 13.0. The van der Waals surface area contributed by atoms with Crippen LogP contribution in [0.2, 0.25) is 0 Å². The Kier molecular flexibility index (Phi) is 3.57. The largest absolute Gasteiger partial charge is 0.396 e. The van der Waals surface area contributed by atoms with Gasteiger partial charge in [0.15, 0.2) is 0 Å². The van der Waals surface area contributed by atoms with Crippen LogP contribution in [0.3, 0.4) is 0 Å². The lowest BCUT2D eigenvalue weighted by Crippen LogP contribution is -2.12. The Morgan fingerprint density at radius 2 is 2.11 bits per heavy atom. The smallest absolute Gasteiger partial charge is 0.257 e. The van der Waals surface area contributed by atoms with E-state index >= 15 is 0 Å². The molecule has 0 aliphatic heterocycles. The average molecular weight is 310 g/mol. The van der Waals surface area contributed by atoms with Crippen molar-refractivity contribution in [3.05, 3.63) is 52.5 Å². The van der Waals surface area contributed by atoms with Crippen molar-refractivity contribution in [3.8, 4) is 0 Å². The van der Waals surface area contributed by atoms with Crippen molar-refractivity contribution < 1.29 is 9.18 Å². The quantitative estimate of drug-likeness (QED) is 0.838. The van der Waals surface area contributed by atoms with Crippen molar-refractivity contribution in [2.24, 2.45) is 0 Å². The van der Waals surface area contributed by atoms with E-state index < -0.39 is 5.82 Å². The highest BCUT2D eigenvalue weighted by molar-refractivity contribution is 9.10. The summed E-state index contributed by atoms with van der Waals surface area (Å²) >= 11 is 3.22. The van der Waals surface area contributed by atoms with Crippen LogP contribution in [0, 0.1) is 5.82 Å². The number of nitrogens with two attached hydrogens (primary N) is 1. The molecule has 2 aromatic rings. The van der Waals surface area contributed by atoms with E-state index in [1.54, 1.807) is 12.3 Å². The van der Waals surface area contributed by atoms with Crippen LogP contribution in [0.1, 0.15) is 10.4 Å². The summed E-state index contributed by atoms with van der Waals surface area (Å²) in [5.74, 6) is -0.855.